The molecule has 26 heavy (non-hydrogen) atoms. The molecule has 0 spiro atoms. The van der Waals surface area contributed by atoms with Crippen LogP contribution in [0.4, 0.5) is 5.69 Å². The maximum absolute atomic E-state index is 12.5. The number of anilines is 1. The van der Waals surface area contributed by atoms with E-state index in [9.17, 15) is 9.59 Å². The van der Waals surface area contributed by atoms with Gasteiger partial charge in [-0.15, -0.1) is 11.3 Å². The van der Waals surface area contributed by atoms with Crippen LogP contribution < -0.4 is 10.9 Å². The van der Waals surface area contributed by atoms with Gasteiger partial charge >= 0.3 is 0 Å². The van der Waals surface area contributed by atoms with Gasteiger partial charge in [0.1, 0.15) is 4.83 Å². The van der Waals surface area contributed by atoms with Gasteiger partial charge in [-0.1, -0.05) is 30.0 Å². The number of nitrogens with zero attached hydrogens (tertiary/aromatic N) is 1. The van der Waals surface area contributed by atoms with Crippen LogP contribution in [0.25, 0.3) is 10.2 Å². The van der Waals surface area contributed by atoms with E-state index < -0.39 is 0 Å². The van der Waals surface area contributed by atoms with Crippen molar-refractivity contribution in [2.75, 3.05) is 11.1 Å². The SMILES string of the molecule is O=C(CCSc1nc2sc3c(c2c(=O)[nH]1)CCCC3)Nc1ccccc1. The lowest BCUT2D eigenvalue weighted by molar-refractivity contribution is -0.115. The predicted octanol–water partition coefficient (Wildman–Crippen LogP) is 3.98. The van der Waals surface area contributed by atoms with Crippen molar-refractivity contribution in [1.29, 1.82) is 0 Å². The summed E-state index contributed by atoms with van der Waals surface area (Å²) in [7, 11) is 0. The largest absolute Gasteiger partial charge is 0.326 e. The lowest BCUT2D eigenvalue weighted by atomic mass is 9.97. The molecule has 0 radical (unpaired) electrons. The predicted molar refractivity (Wildman–Crippen MR) is 107 cm³/mol. The van der Waals surface area contributed by atoms with Crippen LogP contribution in [0.15, 0.2) is 40.3 Å². The van der Waals surface area contributed by atoms with Gasteiger partial charge in [0.05, 0.1) is 5.39 Å². The summed E-state index contributed by atoms with van der Waals surface area (Å²) in [6.07, 6.45) is 4.73. The number of nitrogens with one attached hydrogen (secondary N) is 2. The van der Waals surface area contributed by atoms with Gasteiger partial charge in [0.15, 0.2) is 5.16 Å². The second kappa shape index (κ2) is 7.63. The summed E-state index contributed by atoms with van der Waals surface area (Å²) in [6.45, 7) is 0. The zero-order valence-electron chi connectivity index (χ0n) is 14.2. The summed E-state index contributed by atoms with van der Waals surface area (Å²) >= 11 is 3.06. The first-order valence-electron chi connectivity index (χ1n) is 8.73. The van der Waals surface area contributed by atoms with Gasteiger partial charge in [0, 0.05) is 22.7 Å². The van der Waals surface area contributed by atoms with Crippen molar-refractivity contribution in [3.05, 3.63) is 51.1 Å². The number of amides is 1. The Labute approximate surface area is 159 Å². The minimum Gasteiger partial charge on any atom is -0.326 e. The fraction of sp³-hybridized carbons (Fsp3) is 0.316. The minimum absolute atomic E-state index is 0.0429. The second-order valence-corrected chi connectivity index (χ2v) is 8.44. The van der Waals surface area contributed by atoms with E-state index in [4.69, 9.17) is 0 Å². The van der Waals surface area contributed by atoms with E-state index >= 15 is 0 Å². The molecule has 2 N–H and O–H groups in total. The number of carbonyl (C=O) groups excluding carboxylic acids is 1. The Hall–Kier alpha value is -2.12. The molecular weight excluding hydrogens is 366 g/mol. The number of para-hydroxylation sites is 1. The fourth-order valence-corrected chi connectivity index (χ4v) is 5.32. The molecule has 1 aliphatic rings. The van der Waals surface area contributed by atoms with Crippen molar-refractivity contribution in [2.45, 2.75) is 37.3 Å². The lowest BCUT2D eigenvalue weighted by Gasteiger charge is -2.09. The van der Waals surface area contributed by atoms with Crippen molar-refractivity contribution in [1.82, 2.24) is 9.97 Å². The zero-order chi connectivity index (χ0) is 17.9. The van der Waals surface area contributed by atoms with Crippen molar-refractivity contribution < 1.29 is 4.79 Å². The Kier molecular flexibility index (Phi) is 5.08. The Morgan fingerprint density at radius 2 is 2.04 bits per heavy atom. The monoisotopic (exact) mass is 385 g/mol. The molecule has 5 nitrogen and oxygen atoms in total. The number of carbonyl (C=O) groups is 1. The molecule has 2 heterocycles. The molecule has 0 saturated carbocycles. The van der Waals surface area contributed by atoms with E-state index in [0.29, 0.717) is 17.3 Å². The van der Waals surface area contributed by atoms with Crippen molar-refractivity contribution >= 4 is 44.9 Å². The highest BCUT2D eigenvalue weighted by atomic mass is 32.2. The maximum atomic E-state index is 12.5. The highest BCUT2D eigenvalue weighted by Gasteiger charge is 2.19. The molecule has 0 atom stereocenters. The highest BCUT2D eigenvalue weighted by Crippen LogP contribution is 2.34. The van der Waals surface area contributed by atoms with E-state index in [-0.39, 0.29) is 11.5 Å². The third-order valence-corrected chi connectivity index (χ3v) is 6.49. The van der Waals surface area contributed by atoms with Gasteiger partial charge in [-0.05, 0) is 43.4 Å². The molecule has 0 fully saturated rings. The summed E-state index contributed by atoms with van der Waals surface area (Å²) in [5, 5.41) is 4.22. The standard InChI is InChI=1S/C19H19N3O2S2/c23-15(20-12-6-2-1-3-7-12)10-11-25-19-21-17(24)16-13-8-4-5-9-14(13)26-18(16)22-19/h1-3,6-7H,4-5,8-11H2,(H,20,23)(H,21,22,24). The Morgan fingerprint density at radius 1 is 1.23 bits per heavy atom. The molecule has 4 rings (SSSR count). The molecule has 2 aromatic heterocycles. The molecule has 1 amide bonds. The first kappa shape index (κ1) is 17.3. The van der Waals surface area contributed by atoms with E-state index in [1.54, 1.807) is 11.3 Å². The molecule has 3 aromatic rings. The normalized spacial score (nSPS) is 13.5. The second-order valence-electron chi connectivity index (χ2n) is 6.27. The maximum Gasteiger partial charge on any atom is 0.260 e. The van der Waals surface area contributed by atoms with E-state index in [1.165, 1.54) is 28.6 Å². The third-order valence-electron chi connectivity index (χ3n) is 4.43. The summed E-state index contributed by atoms with van der Waals surface area (Å²) in [5.41, 5.74) is 1.94. The Balaban J connectivity index is 1.41. The summed E-state index contributed by atoms with van der Waals surface area (Å²) < 4.78 is 0. The number of benzene rings is 1. The topological polar surface area (TPSA) is 74.8 Å². The molecule has 0 unspecified atom stereocenters. The number of rotatable bonds is 5. The average Bonchev–Trinajstić information content (AvgIpc) is 3.01. The fourth-order valence-electron chi connectivity index (χ4n) is 3.20. The average molecular weight is 386 g/mol. The number of aromatic amines is 1. The molecule has 0 saturated heterocycles. The summed E-state index contributed by atoms with van der Waals surface area (Å²) in [6, 6.07) is 9.39. The minimum atomic E-state index is -0.0503. The number of hydrogen-bond acceptors (Lipinski definition) is 5. The van der Waals surface area contributed by atoms with Crippen molar-refractivity contribution in [2.24, 2.45) is 0 Å². The van der Waals surface area contributed by atoms with Crippen molar-refractivity contribution in [3.63, 3.8) is 0 Å². The summed E-state index contributed by atoms with van der Waals surface area (Å²) in [4.78, 5) is 34.1. The van der Waals surface area contributed by atoms with Gasteiger partial charge < -0.3 is 10.3 Å². The van der Waals surface area contributed by atoms with E-state index in [1.807, 2.05) is 30.3 Å². The molecule has 1 aliphatic carbocycles. The van der Waals surface area contributed by atoms with Crippen LogP contribution in [-0.2, 0) is 17.6 Å². The van der Waals surface area contributed by atoms with Crippen LogP contribution in [0, 0.1) is 0 Å². The van der Waals surface area contributed by atoms with Crippen LogP contribution in [0.5, 0.6) is 0 Å². The first-order valence-corrected chi connectivity index (χ1v) is 10.5. The lowest BCUT2D eigenvalue weighted by Crippen LogP contribution is -2.13. The van der Waals surface area contributed by atoms with Crippen LogP contribution in [-0.4, -0.2) is 21.6 Å². The number of fused-ring (bicyclic) bond motifs is 3. The number of thiophene rings is 1. The number of thioether (sulfide) groups is 1. The quantitative estimate of drug-likeness (QED) is 0.514. The highest BCUT2D eigenvalue weighted by molar-refractivity contribution is 7.99. The van der Waals surface area contributed by atoms with Crippen LogP contribution in [0.2, 0.25) is 0 Å². The molecule has 0 aliphatic heterocycles. The van der Waals surface area contributed by atoms with Crippen LogP contribution >= 0.6 is 23.1 Å². The van der Waals surface area contributed by atoms with E-state index in [2.05, 4.69) is 15.3 Å². The first-order chi connectivity index (χ1) is 12.7. The molecule has 7 heteroatoms. The molecular formula is C19H19N3O2S2. The van der Waals surface area contributed by atoms with Gasteiger partial charge in [-0.25, -0.2) is 4.98 Å². The number of aromatic nitrogens is 2. The Morgan fingerprint density at radius 3 is 2.88 bits per heavy atom. The Bertz CT molecular complexity index is 995. The summed E-state index contributed by atoms with van der Waals surface area (Å²) in [5.74, 6) is 0.525. The van der Waals surface area contributed by atoms with Crippen LogP contribution in [0.1, 0.15) is 29.7 Å². The zero-order valence-corrected chi connectivity index (χ0v) is 15.8. The number of H-pyrrole nitrogens is 1. The molecule has 0 bridgehead atoms. The van der Waals surface area contributed by atoms with E-state index in [0.717, 1.165) is 35.2 Å². The number of aryl methyl sites for hydroxylation is 2. The van der Waals surface area contributed by atoms with Crippen LogP contribution in [0.3, 0.4) is 0 Å². The van der Waals surface area contributed by atoms with Crippen molar-refractivity contribution in [3.8, 4) is 0 Å². The van der Waals surface area contributed by atoms with Gasteiger partial charge in [-0.2, -0.15) is 0 Å². The van der Waals surface area contributed by atoms with Gasteiger partial charge in [0.25, 0.3) is 5.56 Å². The third kappa shape index (κ3) is 3.68. The van der Waals surface area contributed by atoms with Gasteiger partial charge in [-0.3, -0.25) is 9.59 Å². The number of hydrogen-bond donors (Lipinski definition) is 2. The smallest absolute Gasteiger partial charge is 0.260 e. The molecule has 1 aromatic carbocycles. The molecule has 134 valence electrons. The van der Waals surface area contributed by atoms with Gasteiger partial charge in [0.2, 0.25) is 5.91 Å².